The minimum atomic E-state index is -0.0664. The second kappa shape index (κ2) is 7.56. The summed E-state index contributed by atoms with van der Waals surface area (Å²) in [5, 5.41) is 2.87. The van der Waals surface area contributed by atoms with Crippen molar-refractivity contribution in [3.63, 3.8) is 0 Å². The van der Waals surface area contributed by atoms with E-state index in [0.29, 0.717) is 5.56 Å². The molecule has 1 aliphatic heterocycles. The zero-order chi connectivity index (χ0) is 15.2. The minimum absolute atomic E-state index is 0.0664. The zero-order valence-electron chi connectivity index (χ0n) is 12.7. The van der Waals surface area contributed by atoms with Crippen LogP contribution in [0.1, 0.15) is 24.2 Å². The molecule has 1 aromatic heterocycles. The van der Waals surface area contributed by atoms with E-state index in [1.54, 1.807) is 6.20 Å². The maximum absolute atomic E-state index is 11.9. The van der Waals surface area contributed by atoms with Gasteiger partial charge in [0.15, 0.2) is 0 Å². The molecule has 2 rings (SSSR count). The van der Waals surface area contributed by atoms with Gasteiger partial charge < -0.3 is 10.2 Å². The quantitative estimate of drug-likeness (QED) is 0.634. The summed E-state index contributed by atoms with van der Waals surface area (Å²) >= 11 is 1.17. The number of amides is 1. The van der Waals surface area contributed by atoms with E-state index in [1.807, 2.05) is 26.0 Å². The number of pyridine rings is 1. The highest BCUT2D eigenvalue weighted by Gasteiger charge is 2.17. The number of aromatic nitrogens is 1. The lowest BCUT2D eigenvalue weighted by Crippen LogP contribution is -2.46. The Kier molecular flexibility index (Phi) is 5.76. The zero-order valence-corrected chi connectivity index (χ0v) is 13.6. The van der Waals surface area contributed by atoms with Crippen molar-refractivity contribution in [3.8, 4) is 0 Å². The molecule has 1 aromatic rings. The molecule has 21 heavy (non-hydrogen) atoms. The second-order valence-corrected chi connectivity index (χ2v) is 6.23. The van der Waals surface area contributed by atoms with E-state index in [4.69, 9.17) is 0 Å². The van der Waals surface area contributed by atoms with Gasteiger partial charge in [-0.15, -0.1) is 0 Å². The molecule has 0 aromatic carbocycles. The Balaban J connectivity index is 1.94. The predicted molar refractivity (Wildman–Crippen MR) is 91.6 cm³/mol. The van der Waals surface area contributed by atoms with Crippen molar-refractivity contribution in [2.24, 2.45) is 0 Å². The van der Waals surface area contributed by atoms with Gasteiger partial charge in [-0.2, -0.15) is 11.4 Å². The van der Waals surface area contributed by atoms with Crippen molar-refractivity contribution in [1.82, 2.24) is 15.2 Å². The third kappa shape index (κ3) is 4.54. The van der Waals surface area contributed by atoms with Crippen LogP contribution >= 0.6 is 11.4 Å². The SMILES string of the molecule is C=[SH]CN1CCN(c2ccc(C(=O)NC(C)C)cn2)CC1. The fraction of sp³-hybridized carbons (Fsp3) is 0.533. The lowest BCUT2D eigenvalue weighted by molar-refractivity contribution is 0.0943. The van der Waals surface area contributed by atoms with E-state index < -0.39 is 0 Å². The molecule has 0 radical (unpaired) electrons. The number of hydrogen-bond acceptors (Lipinski definition) is 4. The lowest BCUT2D eigenvalue weighted by atomic mass is 10.2. The molecule has 1 aliphatic rings. The summed E-state index contributed by atoms with van der Waals surface area (Å²) in [4.78, 5) is 21.0. The first-order valence-corrected chi connectivity index (χ1v) is 8.53. The molecule has 0 atom stereocenters. The van der Waals surface area contributed by atoms with Crippen LogP contribution in [0.2, 0.25) is 0 Å². The minimum Gasteiger partial charge on any atom is -0.354 e. The Morgan fingerprint density at radius 1 is 1.38 bits per heavy atom. The Labute approximate surface area is 130 Å². The average Bonchev–Trinajstić information content (AvgIpc) is 2.48. The van der Waals surface area contributed by atoms with Crippen molar-refractivity contribution >= 4 is 28.9 Å². The Morgan fingerprint density at radius 3 is 2.62 bits per heavy atom. The van der Waals surface area contributed by atoms with E-state index in [9.17, 15) is 4.79 Å². The topological polar surface area (TPSA) is 48.5 Å². The third-order valence-electron chi connectivity index (χ3n) is 3.43. The van der Waals surface area contributed by atoms with Gasteiger partial charge in [-0.05, 0) is 26.0 Å². The summed E-state index contributed by atoms with van der Waals surface area (Å²) in [6.07, 6.45) is 1.66. The predicted octanol–water partition coefficient (Wildman–Crippen LogP) is 1.20. The fourth-order valence-electron chi connectivity index (χ4n) is 2.31. The number of carbonyl (C=O) groups is 1. The van der Waals surface area contributed by atoms with Crippen LogP contribution in [0, 0.1) is 0 Å². The third-order valence-corrected chi connectivity index (χ3v) is 4.03. The van der Waals surface area contributed by atoms with Crippen LogP contribution in [0.4, 0.5) is 5.82 Å². The molecule has 0 unspecified atom stereocenters. The van der Waals surface area contributed by atoms with Crippen LogP contribution in [-0.2, 0) is 0 Å². The van der Waals surface area contributed by atoms with Gasteiger partial charge in [-0.25, -0.2) is 4.98 Å². The highest BCUT2D eigenvalue weighted by molar-refractivity contribution is 7.96. The van der Waals surface area contributed by atoms with Crippen molar-refractivity contribution in [3.05, 3.63) is 23.9 Å². The number of nitrogens with one attached hydrogen (secondary N) is 1. The van der Waals surface area contributed by atoms with Gasteiger partial charge in [-0.1, -0.05) is 5.87 Å². The summed E-state index contributed by atoms with van der Waals surface area (Å²) < 4.78 is 0. The van der Waals surface area contributed by atoms with Crippen LogP contribution in [0.3, 0.4) is 0 Å². The molecular formula is C15H24N4OS. The molecular weight excluding hydrogens is 284 g/mol. The maximum Gasteiger partial charge on any atom is 0.253 e. The van der Waals surface area contributed by atoms with E-state index >= 15 is 0 Å². The number of anilines is 1. The van der Waals surface area contributed by atoms with Crippen molar-refractivity contribution in [1.29, 1.82) is 0 Å². The molecule has 1 amide bonds. The van der Waals surface area contributed by atoms with Gasteiger partial charge in [0.05, 0.1) is 5.56 Å². The van der Waals surface area contributed by atoms with E-state index in [1.165, 1.54) is 11.4 Å². The smallest absolute Gasteiger partial charge is 0.253 e. The summed E-state index contributed by atoms with van der Waals surface area (Å²) in [6, 6.07) is 3.92. The van der Waals surface area contributed by atoms with Crippen molar-refractivity contribution in [2.45, 2.75) is 19.9 Å². The normalized spacial score (nSPS) is 16.2. The molecule has 2 heterocycles. The Morgan fingerprint density at radius 2 is 2.10 bits per heavy atom. The molecule has 1 saturated heterocycles. The van der Waals surface area contributed by atoms with Gasteiger partial charge in [0.1, 0.15) is 5.82 Å². The van der Waals surface area contributed by atoms with E-state index in [-0.39, 0.29) is 11.9 Å². The highest BCUT2D eigenvalue weighted by atomic mass is 32.1. The first kappa shape index (κ1) is 16.0. The largest absolute Gasteiger partial charge is 0.354 e. The maximum atomic E-state index is 11.9. The Bertz CT molecular complexity index is 481. The number of hydrogen-bond donors (Lipinski definition) is 2. The molecule has 1 fully saturated rings. The second-order valence-electron chi connectivity index (χ2n) is 5.50. The molecule has 0 spiro atoms. The number of piperazine rings is 1. The van der Waals surface area contributed by atoms with Crippen molar-refractivity contribution < 1.29 is 4.79 Å². The molecule has 116 valence electrons. The first-order valence-electron chi connectivity index (χ1n) is 7.27. The number of thiol groups is 1. The van der Waals surface area contributed by atoms with E-state index in [2.05, 4.69) is 26.0 Å². The summed E-state index contributed by atoms with van der Waals surface area (Å²) in [6.45, 7) is 7.93. The summed E-state index contributed by atoms with van der Waals surface area (Å²) in [7, 11) is 0. The van der Waals surface area contributed by atoms with Gasteiger partial charge in [0.25, 0.3) is 5.91 Å². The van der Waals surface area contributed by atoms with Crippen LogP contribution in [0.5, 0.6) is 0 Å². The first-order chi connectivity index (χ1) is 10.1. The highest BCUT2D eigenvalue weighted by Crippen LogP contribution is 2.14. The standard InChI is InChI=1S/C15H24N4OS/c1-12(2)17-15(20)13-4-5-14(16-10-13)19-8-6-18(7-9-19)11-21-3/h4-5,10,12,21H,3,6-9,11H2,1-2H3,(H,17,20). The van der Waals surface area contributed by atoms with Crippen LogP contribution in [-0.4, -0.2) is 59.8 Å². The fourth-order valence-corrected chi connectivity index (χ4v) is 2.88. The van der Waals surface area contributed by atoms with Gasteiger partial charge in [0, 0.05) is 44.3 Å². The van der Waals surface area contributed by atoms with Gasteiger partial charge in [0.2, 0.25) is 0 Å². The van der Waals surface area contributed by atoms with Gasteiger partial charge in [-0.3, -0.25) is 9.69 Å². The molecule has 1 N–H and O–H groups in total. The summed E-state index contributed by atoms with van der Waals surface area (Å²) in [5.74, 6) is 5.79. The van der Waals surface area contributed by atoms with Crippen molar-refractivity contribution in [2.75, 3.05) is 37.0 Å². The number of nitrogens with zero attached hydrogens (tertiary/aromatic N) is 3. The van der Waals surface area contributed by atoms with Gasteiger partial charge >= 0.3 is 0 Å². The average molecular weight is 308 g/mol. The molecule has 5 nitrogen and oxygen atoms in total. The van der Waals surface area contributed by atoms with Crippen LogP contribution < -0.4 is 10.2 Å². The summed E-state index contributed by atoms with van der Waals surface area (Å²) in [5.41, 5.74) is 0.613. The number of rotatable bonds is 5. The van der Waals surface area contributed by atoms with Crippen LogP contribution in [0.15, 0.2) is 18.3 Å². The van der Waals surface area contributed by atoms with E-state index in [0.717, 1.165) is 37.9 Å². The lowest BCUT2D eigenvalue weighted by Gasteiger charge is -2.34. The molecule has 6 heteroatoms. The molecule has 0 aliphatic carbocycles. The Hall–Kier alpha value is -1.40. The van der Waals surface area contributed by atoms with Crippen LogP contribution in [0.25, 0.3) is 0 Å². The monoisotopic (exact) mass is 308 g/mol. The molecule has 0 bridgehead atoms. The number of carbonyl (C=O) groups excluding carboxylic acids is 1. The molecule has 0 saturated carbocycles.